The zero-order chi connectivity index (χ0) is 15.4. The van der Waals surface area contributed by atoms with Crippen LogP contribution in [0.5, 0.6) is 0 Å². The normalized spacial score (nSPS) is 10.3. The van der Waals surface area contributed by atoms with E-state index in [1.807, 2.05) is 51.1 Å². The number of benzene rings is 1. The Labute approximate surface area is 125 Å². The molecule has 0 aliphatic carbocycles. The van der Waals surface area contributed by atoms with Gasteiger partial charge in [-0.25, -0.2) is 4.98 Å². The van der Waals surface area contributed by atoms with Gasteiger partial charge in [0.1, 0.15) is 5.82 Å². The average molecular weight is 283 g/mol. The number of pyridine rings is 1. The maximum Gasteiger partial charge on any atom is 0.258 e. The minimum absolute atomic E-state index is 0.0368. The molecule has 2 rings (SSSR count). The van der Waals surface area contributed by atoms with E-state index < -0.39 is 0 Å². The summed E-state index contributed by atoms with van der Waals surface area (Å²) in [7, 11) is 1.79. The second-order valence-electron chi connectivity index (χ2n) is 5.12. The number of rotatable bonds is 4. The van der Waals surface area contributed by atoms with Crippen molar-refractivity contribution in [2.75, 3.05) is 23.8 Å². The van der Waals surface area contributed by atoms with E-state index >= 15 is 0 Å². The van der Waals surface area contributed by atoms with Crippen LogP contribution in [0.25, 0.3) is 0 Å². The summed E-state index contributed by atoms with van der Waals surface area (Å²) in [5, 5.41) is 3.15. The Morgan fingerprint density at radius 3 is 2.67 bits per heavy atom. The first-order valence-corrected chi connectivity index (χ1v) is 7.08. The molecule has 110 valence electrons. The third-order valence-electron chi connectivity index (χ3n) is 3.25. The molecular weight excluding hydrogens is 262 g/mol. The Kier molecular flexibility index (Phi) is 4.58. The van der Waals surface area contributed by atoms with E-state index in [4.69, 9.17) is 0 Å². The molecule has 0 radical (unpaired) electrons. The number of nitrogens with one attached hydrogen (secondary N) is 1. The van der Waals surface area contributed by atoms with Crippen LogP contribution in [0, 0.1) is 13.8 Å². The molecule has 2 aromatic rings. The van der Waals surface area contributed by atoms with Gasteiger partial charge in [0.05, 0.1) is 0 Å². The van der Waals surface area contributed by atoms with Gasteiger partial charge in [0, 0.05) is 30.5 Å². The van der Waals surface area contributed by atoms with Gasteiger partial charge >= 0.3 is 0 Å². The second kappa shape index (κ2) is 6.39. The van der Waals surface area contributed by atoms with Gasteiger partial charge in [-0.1, -0.05) is 12.1 Å². The monoisotopic (exact) mass is 283 g/mol. The molecule has 0 unspecified atom stereocenters. The zero-order valence-corrected chi connectivity index (χ0v) is 13.0. The molecule has 21 heavy (non-hydrogen) atoms. The van der Waals surface area contributed by atoms with Crippen molar-refractivity contribution in [2.24, 2.45) is 0 Å². The van der Waals surface area contributed by atoms with Gasteiger partial charge < -0.3 is 10.2 Å². The Bertz CT molecular complexity index is 652. The number of aryl methyl sites for hydroxylation is 2. The number of carbonyl (C=O) groups excluding carboxylic acids is 1. The van der Waals surface area contributed by atoms with Crippen LogP contribution in [0.15, 0.2) is 36.4 Å². The lowest BCUT2D eigenvalue weighted by Gasteiger charge is -2.18. The van der Waals surface area contributed by atoms with E-state index in [1.54, 1.807) is 18.0 Å². The number of hydrogen-bond acceptors (Lipinski definition) is 3. The fourth-order valence-corrected chi connectivity index (χ4v) is 2.21. The van der Waals surface area contributed by atoms with E-state index in [9.17, 15) is 4.79 Å². The first-order valence-electron chi connectivity index (χ1n) is 7.08. The van der Waals surface area contributed by atoms with E-state index in [2.05, 4.69) is 10.3 Å². The van der Waals surface area contributed by atoms with E-state index in [0.29, 0.717) is 5.56 Å². The molecule has 1 aromatic carbocycles. The molecule has 0 spiro atoms. The van der Waals surface area contributed by atoms with Crippen molar-refractivity contribution < 1.29 is 4.79 Å². The van der Waals surface area contributed by atoms with Gasteiger partial charge in [-0.05, 0) is 50.6 Å². The molecule has 0 aliphatic heterocycles. The van der Waals surface area contributed by atoms with Crippen molar-refractivity contribution in [1.29, 1.82) is 0 Å². The molecule has 0 aliphatic rings. The van der Waals surface area contributed by atoms with Gasteiger partial charge in [-0.3, -0.25) is 4.79 Å². The molecule has 1 N–H and O–H groups in total. The van der Waals surface area contributed by atoms with Crippen molar-refractivity contribution in [3.63, 3.8) is 0 Å². The number of aromatic nitrogens is 1. The minimum atomic E-state index is -0.0368. The quantitative estimate of drug-likeness (QED) is 0.935. The highest BCUT2D eigenvalue weighted by molar-refractivity contribution is 6.06. The molecule has 4 heteroatoms. The fraction of sp³-hybridized carbons (Fsp3) is 0.294. The summed E-state index contributed by atoms with van der Waals surface area (Å²) in [6, 6.07) is 11.5. The largest absolute Gasteiger partial charge is 0.370 e. The van der Waals surface area contributed by atoms with Crippen LogP contribution in [0.1, 0.15) is 28.5 Å². The summed E-state index contributed by atoms with van der Waals surface area (Å²) < 4.78 is 0. The van der Waals surface area contributed by atoms with Crippen molar-refractivity contribution >= 4 is 17.4 Å². The van der Waals surface area contributed by atoms with Crippen LogP contribution in [0.3, 0.4) is 0 Å². The van der Waals surface area contributed by atoms with Gasteiger partial charge in [0.25, 0.3) is 5.91 Å². The highest BCUT2D eigenvalue weighted by Crippen LogP contribution is 2.18. The molecule has 0 saturated carbocycles. The molecule has 1 heterocycles. The molecule has 1 amide bonds. The standard InChI is InChI=1S/C17H21N3O/c1-5-18-16-11-14(10-13(3)19-16)17(21)20(4)15-8-6-7-12(2)9-15/h6-11H,5H2,1-4H3,(H,18,19). The van der Waals surface area contributed by atoms with Crippen molar-refractivity contribution in [3.8, 4) is 0 Å². The maximum absolute atomic E-state index is 12.6. The Morgan fingerprint density at radius 1 is 1.24 bits per heavy atom. The Morgan fingerprint density at radius 2 is 2.00 bits per heavy atom. The van der Waals surface area contributed by atoms with Crippen molar-refractivity contribution in [2.45, 2.75) is 20.8 Å². The fourth-order valence-electron chi connectivity index (χ4n) is 2.21. The molecular formula is C17H21N3O. The van der Waals surface area contributed by atoms with Crippen LogP contribution in [0.4, 0.5) is 11.5 Å². The molecule has 0 fully saturated rings. The Balaban J connectivity index is 2.31. The molecule has 0 atom stereocenters. The summed E-state index contributed by atoms with van der Waals surface area (Å²) in [6.07, 6.45) is 0. The molecule has 1 aromatic heterocycles. The smallest absolute Gasteiger partial charge is 0.258 e. The summed E-state index contributed by atoms with van der Waals surface area (Å²) in [4.78, 5) is 18.7. The van der Waals surface area contributed by atoms with Gasteiger partial charge in [-0.15, -0.1) is 0 Å². The predicted molar refractivity (Wildman–Crippen MR) is 87.1 cm³/mol. The topological polar surface area (TPSA) is 45.2 Å². The van der Waals surface area contributed by atoms with Crippen molar-refractivity contribution in [3.05, 3.63) is 53.2 Å². The molecule has 0 saturated heterocycles. The number of nitrogens with zero attached hydrogens (tertiary/aromatic N) is 2. The van der Waals surface area contributed by atoms with Crippen LogP contribution < -0.4 is 10.2 Å². The van der Waals surface area contributed by atoms with E-state index in [-0.39, 0.29) is 5.91 Å². The highest BCUT2D eigenvalue weighted by atomic mass is 16.2. The van der Waals surface area contributed by atoms with Crippen LogP contribution >= 0.6 is 0 Å². The summed E-state index contributed by atoms with van der Waals surface area (Å²) in [5.41, 5.74) is 3.49. The number of anilines is 2. The number of amides is 1. The SMILES string of the molecule is CCNc1cc(C(=O)N(C)c2cccc(C)c2)cc(C)n1. The van der Waals surface area contributed by atoms with Crippen LogP contribution in [-0.4, -0.2) is 24.5 Å². The lowest BCUT2D eigenvalue weighted by molar-refractivity contribution is 0.0993. The van der Waals surface area contributed by atoms with E-state index in [1.165, 1.54) is 0 Å². The third-order valence-corrected chi connectivity index (χ3v) is 3.25. The second-order valence-corrected chi connectivity index (χ2v) is 5.12. The maximum atomic E-state index is 12.6. The first kappa shape index (κ1) is 15.0. The van der Waals surface area contributed by atoms with Crippen LogP contribution in [0.2, 0.25) is 0 Å². The number of carbonyl (C=O) groups is 1. The lowest BCUT2D eigenvalue weighted by atomic mass is 10.1. The summed E-state index contributed by atoms with van der Waals surface area (Å²) in [6.45, 7) is 6.69. The predicted octanol–water partition coefficient (Wildman–Crippen LogP) is 3.41. The van der Waals surface area contributed by atoms with Gasteiger partial charge in [0.2, 0.25) is 0 Å². The van der Waals surface area contributed by atoms with E-state index in [0.717, 1.165) is 29.3 Å². The zero-order valence-electron chi connectivity index (χ0n) is 13.0. The number of hydrogen-bond donors (Lipinski definition) is 1. The van der Waals surface area contributed by atoms with Gasteiger partial charge in [-0.2, -0.15) is 0 Å². The summed E-state index contributed by atoms with van der Waals surface area (Å²) in [5.74, 6) is 0.698. The van der Waals surface area contributed by atoms with Crippen LogP contribution in [-0.2, 0) is 0 Å². The summed E-state index contributed by atoms with van der Waals surface area (Å²) >= 11 is 0. The Hall–Kier alpha value is -2.36. The minimum Gasteiger partial charge on any atom is -0.370 e. The average Bonchev–Trinajstić information content (AvgIpc) is 2.45. The first-order chi connectivity index (χ1) is 10.0. The highest BCUT2D eigenvalue weighted by Gasteiger charge is 2.15. The lowest BCUT2D eigenvalue weighted by Crippen LogP contribution is -2.26. The molecule has 4 nitrogen and oxygen atoms in total. The molecule has 0 bridgehead atoms. The van der Waals surface area contributed by atoms with Gasteiger partial charge in [0.15, 0.2) is 0 Å². The third kappa shape index (κ3) is 3.60. The van der Waals surface area contributed by atoms with Crippen molar-refractivity contribution in [1.82, 2.24) is 4.98 Å².